The molecule has 0 bridgehead atoms. The average Bonchev–Trinajstić information content (AvgIpc) is 3.31. The van der Waals surface area contributed by atoms with Crippen molar-refractivity contribution in [2.45, 2.75) is 32.1 Å². The summed E-state index contributed by atoms with van der Waals surface area (Å²) in [4.78, 5) is 40.9. The number of anilines is 2. The maximum Gasteiger partial charge on any atom is 0.229 e. The summed E-state index contributed by atoms with van der Waals surface area (Å²) >= 11 is 1.26. The van der Waals surface area contributed by atoms with Crippen molar-refractivity contribution in [1.82, 2.24) is 15.1 Å². The Hall–Kier alpha value is -3.32. The Bertz CT molecular complexity index is 920. The Kier molecular flexibility index (Phi) is 8.06. The molecule has 162 valence electrons. The number of benzene rings is 1. The molecule has 10 heteroatoms. The fourth-order valence-electron chi connectivity index (χ4n) is 3.50. The van der Waals surface area contributed by atoms with Gasteiger partial charge in [0.25, 0.3) is 0 Å². The number of nitrogens with zero attached hydrogens (tertiary/aromatic N) is 5. The number of aromatic nitrogens is 2. The van der Waals surface area contributed by atoms with Gasteiger partial charge in [-0.05, 0) is 25.0 Å². The number of carbonyl (C=O) groups is 3. The van der Waals surface area contributed by atoms with Crippen molar-refractivity contribution >= 4 is 39.9 Å². The van der Waals surface area contributed by atoms with Gasteiger partial charge in [0.1, 0.15) is 5.51 Å². The van der Waals surface area contributed by atoms with E-state index in [1.165, 1.54) is 11.3 Å². The lowest BCUT2D eigenvalue weighted by atomic mass is 9.95. The third-order valence-corrected chi connectivity index (χ3v) is 5.78. The highest BCUT2D eigenvalue weighted by Gasteiger charge is 2.28. The predicted octanol–water partition coefficient (Wildman–Crippen LogP) is 2.44. The Balaban J connectivity index is 1.46. The zero-order chi connectivity index (χ0) is 22.1. The number of nitrogens with one attached hydrogen (secondary N) is 1. The first-order chi connectivity index (χ1) is 15.1. The van der Waals surface area contributed by atoms with Crippen LogP contribution in [0.3, 0.4) is 0 Å². The van der Waals surface area contributed by atoms with Crippen LogP contribution in [0.25, 0.3) is 0 Å². The second-order valence-electron chi connectivity index (χ2n) is 7.18. The number of hydrogen-bond donors (Lipinski definition) is 1. The van der Waals surface area contributed by atoms with Gasteiger partial charge in [-0.2, -0.15) is 5.26 Å². The Morgan fingerprint density at radius 3 is 2.58 bits per heavy atom. The number of carbonyl (C=O) groups excluding carboxylic acids is 3. The minimum Gasteiger partial charge on any atom is -0.343 e. The molecule has 9 nitrogen and oxygen atoms in total. The van der Waals surface area contributed by atoms with Gasteiger partial charge in [-0.25, -0.2) is 0 Å². The van der Waals surface area contributed by atoms with Crippen LogP contribution in [0.5, 0.6) is 0 Å². The fourth-order valence-corrected chi connectivity index (χ4v) is 3.95. The van der Waals surface area contributed by atoms with E-state index >= 15 is 0 Å². The van der Waals surface area contributed by atoms with Crippen molar-refractivity contribution in [3.05, 3.63) is 35.8 Å². The molecule has 0 radical (unpaired) electrons. The molecular weight excluding hydrogens is 416 g/mol. The summed E-state index contributed by atoms with van der Waals surface area (Å²) in [6.07, 6.45) is 1.56. The lowest BCUT2D eigenvalue weighted by molar-refractivity contribution is -0.135. The fraction of sp³-hybridized carbons (Fsp3) is 0.429. The van der Waals surface area contributed by atoms with E-state index in [0.29, 0.717) is 37.6 Å². The molecule has 0 aliphatic carbocycles. The number of likely N-dealkylation sites (tertiary alicyclic amines) is 1. The molecule has 3 amide bonds. The number of piperidine rings is 1. The Labute approximate surface area is 184 Å². The molecule has 0 atom stereocenters. The van der Waals surface area contributed by atoms with E-state index in [4.69, 9.17) is 5.26 Å². The lowest BCUT2D eigenvalue weighted by Crippen LogP contribution is -2.42. The minimum absolute atomic E-state index is 0.0800. The molecule has 1 aliphatic heterocycles. The van der Waals surface area contributed by atoms with E-state index in [9.17, 15) is 14.4 Å². The molecule has 0 unspecified atom stereocenters. The van der Waals surface area contributed by atoms with Crippen LogP contribution in [0.1, 0.15) is 32.1 Å². The minimum atomic E-state index is -0.180. The molecule has 0 spiro atoms. The lowest BCUT2D eigenvalue weighted by Gasteiger charge is -2.31. The quantitative estimate of drug-likeness (QED) is 0.673. The second-order valence-corrected chi connectivity index (χ2v) is 8.01. The number of rotatable bonds is 8. The molecule has 1 saturated heterocycles. The van der Waals surface area contributed by atoms with Gasteiger partial charge >= 0.3 is 0 Å². The van der Waals surface area contributed by atoms with Crippen LogP contribution in [0.2, 0.25) is 0 Å². The molecule has 1 aliphatic rings. The van der Waals surface area contributed by atoms with Gasteiger partial charge in [-0.3, -0.25) is 14.4 Å². The van der Waals surface area contributed by atoms with Crippen LogP contribution >= 0.6 is 11.3 Å². The average molecular weight is 441 g/mol. The SMILES string of the molecule is N#CCCN(C(=O)CCC(=O)N1CCC(C(=O)Nc2nncs2)CC1)c1ccccc1. The molecule has 1 aromatic carbocycles. The first-order valence-electron chi connectivity index (χ1n) is 10.2. The highest BCUT2D eigenvalue weighted by molar-refractivity contribution is 7.13. The van der Waals surface area contributed by atoms with E-state index < -0.39 is 0 Å². The van der Waals surface area contributed by atoms with Crippen molar-refractivity contribution < 1.29 is 14.4 Å². The van der Waals surface area contributed by atoms with Crippen LogP contribution in [0, 0.1) is 17.2 Å². The first-order valence-corrected chi connectivity index (χ1v) is 11.0. The molecule has 1 aromatic heterocycles. The third kappa shape index (κ3) is 6.33. The van der Waals surface area contributed by atoms with Crippen molar-refractivity contribution in [1.29, 1.82) is 5.26 Å². The normalized spacial score (nSPS) is 14.0. The summed E-state index contributed by atoms with van der Waals surface area (Å²) in [6, 6.07) is 11.2. The Morgan fingerprint density at radius 2 is 1.94 bits per heavy atom. The van der Waals surface area contributed by atoms with Crippen molar-refractivity contribution in [3.63, 3.8) is 0 Å². The van der Waals surface area contributed by atoms with Crippen molar-refractivity contribution in [2.24, 2.45) is 5.92 Å². The maximum absolute atomic E-state index is 12.7. The topological polar surface area (TPSA) is 119 Å². The van der Waals surface area contributed by atoms with E-state index in [0.717, 1.165) is 5.69 Å². The monoisotopic (exact) mass is 440 g/mol. The summed E-state index contributed by atoms with van der Waals surface area (Å²) in [5.41, 5.74) is 2.27. The predicted molar refractivity (Wildman–Crippen MR) is 116 cm³/mol. The van der Waals surface area contributed by atoms with Crippen LogP contribution in [0.4, 0.5) is 10.8 Å². The molecule has 2 aromatic rings. The number of para-hydroxylation sites is 1. The molecule has 31 heavy (non-hydrogen) atoms. The standard InChI is InChI=1S/C21H24N6O3S/c22-11-4-12-27(17-5-2-1-3-6-17)19(29)8-7-18(28)26-13-9-16(10-14-26)20(30)24-21-25-23-15-31-21/h1-3,5-6,15-16H,4,7-10,12-14H2,(H,24,25,30). The van der Waals surface area contributed by atoms with E-state index in [1.54, 1.807) is 15.3 Å². The first kappa shape index (κ1) is 22.4. The van der Waals surface area contributed by atoms with Gasteiger partial charge in [0.15, 0.2) is 0 Å². The van der Waals surface area contributed by atoms with Gasteiger partial charge in [-0.15, -0.1) is 10.2 Å². The summed E-state index contributed by atoms with van der Waals surface area (Å²) in [6.45, 7) is 1.26. The summed E-state index contributed by atoms with van der Waals surface area (Å²) in [5.74, 6) is -0.546. The summed E-state index contributed by atoms with van der Waals surface area (Å²) in [5, 5.41) is 19.6. The van der Waals surface area contributed by atoms with Crippen molar-refractivity contribution in [2.75, 3.05) is 29.9 Å². The zero-order valence-corrected chi connectivity index (χ0v) is 17.9. The summed E-state index contributed by atoms with van der Waals surface area (Å²) < 4.78 is 0. The molecule has 3 rings (SSSR count). The van der Waals surface area contributed by atoms with E-state index in [1.807, 2.05) is 30.3 Å². The van der Waals surface area contributed by atoms with Crippen LogP contribution < -0.4 is 10.2 Å². The van der Waals surface area contributed by atoms with Crippen LogP contribution in [-0.4, -0.2) is 52.5 Å². The number of nitriles is 1. The zero-order valence-electron chi connectivity index (χ0n) is 17.1. The highest BCUT2D eigenvalue weighted by Crippen LogP contribution is 2.21. The molecule has 1 N–H and O–H groups in total. The molecule has 1 fully saturated rings. The van der Waals surface area contributed by atoms with Crippen LogP contribution in [0.15, 0.2) is 35.8 Å². The van der Waals surface area contributed by atoms with Gasteiger partial charge in [0.2, 0.25) is 22.9 Å². The van der Waals surface area contributed by atoms with Gasteiger partial charge < -0.3 is 15.1 Å². The largest absolute Gasteiger partial charge is 0.343 e. The third-order valence-electron chi connectivity index (χ3n) is 5.18. The van der Waals surface area contributed by atoms with Gasteiger partial charge in [0.05, 0.1) is 12.5 Å². The molecule has 2 heterocycles. The second kappa shape index (κ2) is 11.2. The van der Waals surface area contributed by atoms with E-state index in [-0.39, 0.29) is 42.9 Å². The Morgan fingerprint density at radius 1 is 1.19 bits per heavy atom. The van der Waals surface area contributed by atoms with Crippen molar-refractivity contribution in [3.8, 4) is 6.07 Å². The maximum atomic E-state index is 12.7. The van der Waals surface area contributed by atoms with Gasteiger partial charge in [-0.1, -0.05) is 29.5 Å². The smallest absolute Gasteiger partial charge is 0.229 e. The summed E-state index contributed by atoms with van der Waals surface area (Å²) in [7, 11) is 0. The number of amides is 3. The molecular formula is C21H24N6O3S. The molecule has 0 saturated carbocycles. The van der Waals surface area contributed by atoms with Gasteiger partial charge in [0, 0.05) is 44.1 Å². The number of hydrogen-bond acceptors (Lipinski definition) is 7. The van der Waals surface area contributed by atoms with Crippen LogP contribution in [-0.2, 0) is 14.4 Å². The highest BCUT2D eigenvalue weighted by atomic mass is 32.1. The van der Waals surface area contributed by atoms with E-state index in [2.05, 4.69) is 21.6 Å².